The second kappa shape index (κ2) is 5.51. The maximum absolute atomic E-state index is 12.9. The average molecular weight is 265 g/mol. The smallest absolute Gasteiger partial charge is 0.124 e. The van der Waals surface area contributed by atoms with E-state index >= 15 is 0 Å². The van der Waals surface area contributed by atoms with Gasteiger partial charge in [-0.05, 0) is 30.2 Å². The summed E-state index contributed by atoms with van der Waals surface area (Å²) in [5.41, 5.74) is 2.72. The summed E-state index contributed by atoms with van der Waals surface area (Å²) in [4.78, 5) is 0. The van der Waals surface area contributed by atoms with Crippen LogP contribution >= 0.6 is 11.6 Å². The van der Waals surface area contributed by atoms with E-state index in [0.717, 1.165) is 16.7 Å². The van der Waals surface area contributed by atoms with Crippen molar-refractivity contribution in [3.05, 3.63) is 70.0 Å². The first-order valence-electron chi connectivity index (χ1n) is 5.75. The van der Waals surface area contributed by atoms with E-state index in [1.165, 1.54) is 12.1 Å². The molecule has 0 aliphatic carbocycles. The highest BCUT2D eigenvalue weighted by Gasteiger charge is 2.11. The minimum absolute atomic E-state index is 0.348. The van der Waals surface area contributed by atoms with Gasteiger partial charge in [0.2, 0.25) is 0 Å². The highest BCUT2D eigenvalue weighted by atomic mass is 35.5. The molecule has 0 aromatic heterocycles. The summed E-state index contributed by atoms with van der Waals surface area (Å²) in [6.45, 7) is 1.99. The number of aliphatic hydroxyl groups is 1. The molecule has 1 atom stereocenters. The second-order valence-corrected chi connectivity index (χ2v) is 4.77. The standard InChI is InChI=1S/C15H14ClFO/c1-10-2-4-11(5-3-10)15(18)8-12-6-7-13(17)9-14(12)16/h2-7,9,15,18H,8H2,1H3. The SMILES string of the molecule is Cc1ccc(C(O)Cc2ccc(F)cc2Cl)cc1. The third kappa shape index (κ3) is 3.09. The van der Waals surface area contributed by atoms with Gasteiger partial charge in [0.15, 0.2) is 0 Å². The van der Waals surface area contributed by atoms with Crippen molar-refractivity contribution < 1.29 is 9.50 Å². The lowest BCUT2D eigenvalue weighted by atomic mass is 10.0. The zero-order chi connectivity index (χ0) is 13.1. The Hall–Kier alpha value is -1.38. The van der Waals surface area contributed by atoms with Crippen LogP contribution in [0, 0.1) is 12.7 Å². The van der Waals surface area contributed by atoms with Crippen molar-refractivity contribution in [1.82, 2.24) is 0 Å². The lowest BCUT2D eigenvalue weighted by Crippen LogP contribution is -2.02. The van der Waals surface area contributed by atoms with Gasteiger partial charge in [0.25, 0.3) is 0 Å². The van der Waals surface area contributed by atoms with Crippen molar-refractivity contribution in [3.63, 3.8) is 0 Å². The van der Waals surface area contributed by atoms with Gasteiger partial charge in [-0.25, -0.2) is 4.39 Å². The summed E-state index contributed by atoms with van der Waals surface area (Å²) in [6.07, 6.45) is -0.254. The summed E-state index contributed by atoms with van der Waals surface area (Å²) >= 11 is 5.94. The molecule has 0 saturated heterocycles. The molecule has 0 fully saturated rings. The van der Waals surface area contributed by atoms with E-state index in [0.29, 0.717) is 11.4 Å². The number of hydrogen-bond donors (Lipinski definition) is 1. The molecule has 1 unspecified atom stereocenters. The molecule has 1 nitrogen and oxygen atoms in total. The van der Waals surface area contributed by atoms with Gasteiger partial charge in [-0.3, -0.25) is 0 Å². The van der Waals surface area contributed by atoms with Gasteiger partial charge in [0, 0.05) is 11.4 Å². The highest BCUT2D eigenvalue weighted by molar-refractivity contribution is 6.31. The average Bonchev–Trinajstić information content (AvgIpc) is 2.33. The molecule has 0 aliphatic rings. The molecular formula is C15H14ClFO. The number of halogens is 2. The van der Waals surface area contributed by atoms with Gasteiger partial charge in [-0.2, -0.15) is 0 Å². The van der Waals surface area contributed by atoms with E-state index in [1.54, 1.807) is 6.07 Å². The maximum Gasteiger partial charge on any atom is 0.124 e. The number of benzene rings is 2. The third-order valence-electron chi connectivity index (χ3n) is 2.89. The van der Waals surface area contributed by atoms with Gasteiger partial charge >= 0.3 is 0 Å². The monoisotopic (exact) mass is 264 g/mol. The van der Waals surface area contributed by atoms with Crippen LogP contribution in [0.5, 0.6) is 0 Å². The van der Waals surface area contributed by atoms with Crippen molar-refractivity contribution in [2.75, 3.05) is 0 Å². The summed E-state index contributed by atoms with van der Waals surface area (Å²) in [6, 6.07) is 11.9. The van der Waals surface area contributed by atoms with Gasteiger partial charge in [-0.15, -0.1) is 0 Å². The normalized spacial score (nSPS) is 12.4. The Bertz CT molecular complexity index is 537. The first kappa shape index (κ1) is 13.1. The molecule has 0 saturated carbocycles. The van der Waals surface area contributed by atoms with Crippen molar-refractivity contribution in [2.45, 2.75) is 19.4 Å². The summed E-state index contributed by atoms with van der Waals surface area (Å²) in [5.74, 6) is -0.367. The van der Waals surface area contributed by atoms with Crippen molar-refractivity contribution in [2.24, 2.45) is 0 Å². The van der Waals surface area contributed by atoms with Crippen LogP contribution in [0.1, 0.15) is 22.8 Å². The highest BCUT2D eigenvalue weighted by Crippen LogP contribution is 2.24. The Balaban J connectivity index is 2.15. The minimum atomic E-state index is -0.631. The molecule has 0 aliphatic heterocycles. The Morgan fingerprint density at radius 2 is 1.83 bits per heavy atom. The number of aryl methyl sites for hydroxylation is 1. The lowest BCUT2D eigenvalue weighted by molar-refractivity contribution is 0.178. The Morgan fingerprint density at radius 3 is 2.44 bits per heavy atom. The fraction of sp³-hybridized carbons (Fsp3) is 0.200. The van der Waals surface area contributed by atoms with Crippen LogP contribution in [0.3, 0.4) is 0 Å². The Labute approximate surface area is 111 Å². The van der Waals surface area contributed by atoms with Crippen LogP contribution in [-0.2, 0) is 6.42 Å². The van der Waals surface area contributed by atoms with Gasteiger partial charge in [0.1, 0.15) is 5.82 Å². The molecule has 0 amide bonds. The molecule has 3 heteroatoms. The Morgan fingerprint density at radius 1 is 1.17 bits per heavy atom. The topological polar surface area (TPSA) is 20.2 Å². The van der Waals surface area contributed by atoms with Gasteiger partial charge < -0.3 is 5.11 Å². The molecular weight excluding hydrogens is 251 g/mol. The molecule has 18 heavy (non-hydrogen) atoms. The minimum Gasteiger partial charge on any atom is -0.388 e. The molecule has 1 N–H and O–H groups in total. The van der Waals surface area contributed by atoms with E-state index < -0.39 is 6.10 Å². The zero-order valence-corrected chi connectivity index (χ0v) is 10.8. The number of rotatable bonds is 3. The largest absolute Gasteiger partial charge is 0.388 e. The van der Waals surface area contributed by atoms with E-state index in [1.807, 2.05) is 31.2 Å². The van der Waals surface area contributed by atoms with Gasteiger partial charge in [-0.1, -0.05) is 47.5 Å². The maximum atomic E-state index is 12.9. The van der Waals surface area contributed by atoms with Crippen molar-refractivity contribution in [1.29, 1.82) is 0 Å². The fourth-order valence-corrected chi connectivity index (χ4v) is 2.05. The molecule has 0 heterocycles. The number of hydrogen-bond acceptors (Lipinski definition) is 1. The molecule has 0 spiro atoms. The zero-order valence-electron chi connectivity index (χ0n) is 10.0. The molecule has 94 valence electrons. The van der Waals surface area contributed by atoms with E-state index in [9.17, 15) is 9.50 Å². The number of aliphatic hydroxyl groups excluding tert-OH is 1. The Kier molecular flexibility index (Phi) is 4.00. The van der Waals surface area contributed by atoms with Gasteiger partial charge in [0.05, 0.1) is 6.10 Å². The predicted molar refractivity (Wildman–Crippen MR) is 71.3 cm³/mol. The van der Waals surface area contributed by atoms with Crippen molar-refractivity contribution >= 4 is 11.6 Å². The molecule has 0 bridgehead atoms. The molecule has 0 radical (unpaired) electrons. The lowest BCUT2D eigenvalue weighted by Gasteiger charge is -2.12. The molecule has 2 aromatic carbocycles. The second-order valence-electron chi connectivity index (χ2n) is 4.37. The quantitative estimate of drug-likeness (QED) is 0.886. The van der Waals surface area contributed by atoms with Crippen LogP contribution in [0.4, 0.5) is 4.39 Å². The first-order valence-corrected chi connectivity index (χ1v) is 6.12. The first-order chi connectivity index (χ1) is 8.56. The summed E-state index contributed by atoms with van der Waals surface area (Å²) in [5, 5.41) is 10.5. The van der Waals surface area contributed by atoms with Crippen molar-refractivity contribution in [3.8, 4) is 0 Å². The summed E-state index contributed by atoms with van der Waals surface area (Å²) < 4.78 is 12.9. The van der Waals surface area contributed by atoms with Crippen LogP contribution in [0.15, 0.2) is 42.5 Å². The van der Waals surface area contributed by atoms with Crippen LogP contribution in [0.2, 0.25) is 5.02 Å². The molecule has 2 aromatic rings. The van der Waals surface area contributed by atoms with Crippen LogP contribution in [-0.4, -0.2) is 5.11 Å². The fourth-order valence-electron chi connectivity index (χ4n) is 1.80. The molecule has 2 rings (SSSR count). The summed E-state index contributed by atoms with van der Waals surface area (Å²) in [7, 11) is 0. The van der Waals surface area contributed by atoms with E-state index in [2.05, 4.69) is 0 Å². The van der Waals surface area contributed by atoms with E-state index in [-0.39, 0.29) is 5.82 Å². The van der Waals surface area contributed by atoms with E-state index in [4.69, 9.17) is 11.6 Å². The van der Waals surface area contributed by atoms with Crippen LogP contribution < -0.4 is 0 Å². The third-order valence-corrected chi connectivity index (χ3v) is 3.24. The predicted octanol–water partition coefficient (Wildman–Crippen LogP) is 4.06. The van der Waals surface area contributed by atoms with Crippen LogP contribution in [0.25, 0.3) is 0 Å².